The van der Waals surface area contributed by atoms with Crippen molar-refractivity contribution >= 4 is 28.4 Å². The standard InChI is InChI=1S/C28H35N5O3/c1-35-17-16-33-14-12-21(13-15-33)29-28(34)30-22-8-10-23-20(18-22)7-11-26(31-23)32-24-9-6-19-4-3-5-25(36-2)27(19)24/h3-5,7-8,10-11,18,21,24H,6,9,12-17H2,1-2H3,(H,31,32)(H2,29,30,34). The molecule has 3 aromatic rings. The number of methoxy groups -OCH3 is 2. The first-order valence-corrected chi connectivity index (χ1v) is 12.7. The van der Waals surface area contributed by atoms with E-state index in [2.05, 4.69) is 26.9 Å². The van der Waals surface area contributed by atoms with Crippen LogP contribution in [-0.2, 0) is 11.2 Å². The summed E-state index contributed by atoms with van der Waals surface area (Å²) >= 11 is 0. The van der Waals surface area contributed by atoms with Crippen molar-refractivity contribution in [3.05, 3.63) is 59.7 Å². The summed E-state index contributed by atoms with van der Waals surface area (Å²) in [5.74, 6) is 1.76. The molecule has 1 aliphatic carbocycles. The third-order valence-electron chi connectivity index (χ3n) is 7.23. The topological polar surface area (TPSA) is 87.8 Å². The summed E-state index contributed by atoms with van der Waals surface area (Å²) < 4.78 is 10.8. The van der Waals surface area contributed by atoms with Crippen LogP contribution in [0.3, 0.4) is 0 Å². The Bertz CT molecular complexity index is 1210. The van der Waals surface area contributed by atoms with Crippen LogP contribution in [0.4, 0.5) is 16.3 Å². The van der Waals surface area contributed by atoms with Crippen molar-refractivity contribution in [3.63, 3.8) is 0 Å². The third kappa shape index (κ3) is 5.55. The Morgan fingerprint density at radius 1 is 1.08 bits per heavy atom. The number of anilines is 2. The number of hydrogen-bond acceptors (Lipinski definition) is 6. The van der Waals surface area contributed by atoms with Crippen molar-refractivity contribution in [1.82, 2.24) is 15.2 Å². The molecule has 1 aliphatic heterocycles. The van der Waals surface area contributed by atoms with Crippen LogP contribution in [0.25, 0.3) is 10.9 Å². The summed E-state index contributed by atoms with van der Waals surface area (Å²) in [6, 6.07) is 16.3. The summed E-state index contributed by atoms with van der Waals surface area (Å²) in [5.41, 5.74) is 4.20. The Balaban J connectivity index is 1.18. The van der Waals surface area contributed by atoms with Gasteiger partial charge >= 0.3 is 6.03 Å². The quantitative estimate of drug-likeness (QED) is 0.430. The van der Waals surface area contributed by atoms with Gasteiger partial charge in [0.15, 0.2) is 0 Å². The van der Waals surface area contributed by atoms with Gasteiger partial charge in [-0.25, -0.2) is 9.78 Å². The molecule has 0 radical (unpaired) electrons. The number of amides is 2. The molecule has 5 rings (SSSR count). The lowest BCUT2D eigenvalue weighted by Crippen LogP contribution is -2.46. The number of carbonyl (C=O) groups excluding carboxylic acids is 1. The first kappa shape index (κ1) is 24.3. The van der Waals surface area contributed by atoms with Crippen molar-refractivity contribution in [1.29, 1.82) is 0 Å². The molecule has 190 valence electrons. The second kappa shape index (κ2) is 11.1. The number of benzene rings is 2. The molecule has 0 bridgehead atoms. The Labute approximate surface area is 212 Å². The molecule has 8 heteroatoms. The lowest BCUT2D eigenvalue weighted by Gasteiger charge is -2.32. The normalized spacial score (nSPS) is 18.1. The second-order valence-electron chi connectivity index (χ2n) is 9.58. The highest BCUT2D eigenvalue weighted by atomic mass is 16.5. The van der Waals surface area contributed by atoms with Crippen LogP contribution in [0.5, 0.6) is 5.75 Å². The molecule has 8 nitrogen and oxygen atoms in total. The molecule has 1 saturated heterocycles. The molecule has 2 aromatic carbocycles. The fourth-order valence-electron chi connectivity index (χ4n) is 5.31. The van der Waals surface area contributed by atoms with Crippen molar-refractivity contribution in [2.24, 2.45) is 0 Å². The van der Waals surface area contributed by atoms with E-state index in [1.807, 2.05) is 42.5 Å². The number of nitrogens with zero attached hydrogens (tertiary/aromatic N) is 2. The minimum Gasteiger partial charge on any atom is -0.496 e. The van der Waals surface area contributed by atoms with Crippen LogP contribution in [0.1, 0.15) is 36.4 Å². The van der Waals surface area contributed by atoms with E-state index in [1.165, 1.54) is 11.1 Å². The number of carbonyl (C=O) groups is 1. The highest BCUT2D eigenvalue weighted by Crippen LogP contribution is 2.39. The van der Waals surface area contributed by atoms with Crippen molar-refractivity contribution < 1.29 is 14.3 Å². The number of fused-ring (bicyclic) bond motifs is 2. The van der Waals surface area contributed by atoms with E-state index in [-0.39, 0.29) is 18.1 Å². The summed E-state index contributed by atoms with van der Waals surface area (Å²) in [4.78, 5) is 19.8. The lowest BCUT2D eigenvalue weighted by molar-refractivity contribution is 0.127. The molecule has 0 saturated carbocycles. The maximum absolute atomic E-state index is 12.6. The number of nitrogens with one attached hydrogen (secondary N) is 3. The number of aryl methyl sites for hydroxylation is 1. The van der Waals surface area contributed by atoms with Crippen LogP contribution in [0, 0.1) is 0 Å². The Kier molecular flexibility index (Phi) is 7.53. The summed E-state index contributed by atoms with van der Waals surface area (Å²) in [7, 11) is 3.45. The lowest BCUT2D eigenvalue weighted by atomic mass is 10.1. The zero-order valence-corrected chi connectivity index (χ0v) is 21.0. The summed E-state index contributed by atoms with van der Waals surface area (Å²) in [6.45, 7) is 3.65. The SMILES string of the molecule is COCCN1CCC(NC(=O)Nc2ccc3nc(NC4CCc5cccc(OC)c54)ccc3c2)CC1. The van der Waals surface area contributed by atoms with Crippen molar-refractivity contribution in [2.75, 3.05) is 51.1 Å². The average molecular weight is 490 g/mol. The maximum atomic E-state index is 12.6. The van der Waals surface area contributed by atoms with E-state index < -0.39 is 0 Å². The second-order valence-corrected chi connectivity index (χ2v) is 9.58. The van der Waals surface area contributed by atoms with Gasteiger partial charge in [0.1, 0.15) is 11.6 Å². The van der Waals surface area contributed by atoms with Crippen LogP contribution < -0.4 is 20.7 Å². The predicted octanol–water partition coefficient (Wildman–Crippen LogP) is 4.58. The highest BCUT2D eigenvalue weighted by Gasteiger charge is 2.26. The predicted molar refractivity (Wildman–Crippen MR) is 143 cm³/mol. The van der Waals surface area contributed by atoms with Crippen LogP contribution >= 0.6 is 0 Å². The third-order valence-corrected chi connectivity index (χ3v) is 7.23. The number of piperidine rings is 1. The molecule has 0 spiro atoms. The molecular weight excluding hydrogens is 454 g/mol. The van der Waals surface area contributed by atoms with E-state index in [0.29, 0.717) is 0 Å². The van der Waals surface area contributed by atoms with E-state index in [9.17, 15) is 4.79 Å². The summed E-state index contributed by atoms with van der Waals surface area (Å²) in [6.07, 6.45) is 3.94. The number of urea groups is 1. The molecule has 1 unspecified atom stereocenters. The monoisotopic (exact) mass is 489 g/mol. The maximum Gasteiger partial charge on any atom is 0.319 e. The largest absolute Gasteiger partial charge is 0.496 e. The number of hydrogen-bond donors (Lipinski definition) is 3. The molecule has 1 atom stereocenters. The van der Waals surface area contributed by atoms with E-state index in [1.54, 1.807) is 14.2 Å². The van der Waals surface area contributed by atoms with Crippen LogP contribution in [-0.4, -0.2) is 62.4 Å². The Morgan fingerprint density at radius 2 is 1.94 bits per heavy atom. The molecule has 2 aliphatic rings. The number of rotatable bonds is 8. The van der Waals surface area contributed by atoms with Gasteiger partial charge in [-0.05, 0) is 67.6 Å². The van der Waals surface area contributed by atoms with Gasteiger partial charge in [-0.1, -0.05) is 12.1 Å². The fraction of sp³-hybridized carbons (Fsp3) is 0.429. The van der Waals surface area contributed by atoms with Gasteiger partial charge in [0.05, 0.1) is 25.3 Å². The minimum atomic E-state index is -0.162. The molecule has 3 N–H and O–H groups in total. The average Bonchev–Trinajstić information content (AvgIpc) is 3.31. The minimum absolute atomic E-state index is 0.162. The van der Waals surface area contributed by atoms with Gasteiger partial charge in [0.25, 0.3) is 0 Å². The van der Waals surface area contributed by atoms with Gasteiger partial charge < -0.3 is 30.3 Å². The fourth-order valence-corrected chi connectivity index (χ4v) is 5.31. The molecule has 2 heterocycles. The molecule has 1 fully saturated rings. The number of ether oxygens (including phenoxy) is 2. The Morgan fingerprint density at radius 3 is 2.75 bits per heavy atom. The molecule has 2 amide bonds. The van der Waals surface area contributed by atoms with Crippen molar-refractivity contribution in [3.8, 4) is 5.75 Å². The van der Waals surface area contributed by atoms with Gasteiger partial charge in [0, 0.05) is 49.4 Å². The zero-order chi connectivity index (χ0) is 24.9. The number of pyridine rings is 1. The molecular formula is C28H35N5O3. The van der Waals surface area contributed by atoms with Crippen LogP contribution in [0.2, 0.25) is 0 Å². The van der Waals surface area contributed by atoms with Gasteiger partial charge in [-0.2, -0.15) is 0 Å². The van der Waals surface area contributed by atoms with E-state index in [0.717, 1.165) is 80.1 Å². The van der Waals surface area contributed by atoms with Gasteiger partial charge in [-0.3, -0.25) is 0 Å². The van der Waals surface area contributed by atoms with Crippen molar-refractivity contribution in [2.45, 2.75) is 37.8 Å². The molecule has 36 heavy (non-hydrogen) atoms. The zero-order valence-electron chi connectivity index (χ0n) is 21.0. The first-order chi connectivity index (χ1) is 17.6. The molecule has 1 aromatic heterocycles. The Hall–Kier alpha value is -3.36. The first-order valence-electron chi connectivity index (χ1n) is 12.7. The smallest absolute Gasteiger partial charge is 0.319 e. The van der Waals surface area contributed by atoms with E-state index in [4.69, 9.17) is 14.5 Å². The highest BCUT2D eigenvalue weighted by molar-refractivity contribution is 5.93. The summed E-state index contributed by atoms with van der Waals surface area (Å²) in [5, 5.41) is 10.7. The number of likely N-dealkylation sites (tertiary alicyclic amines) is 1. The van der Waals surface area contributed by atoms with Crippen LogP contribution in [0.15, 0.2) is 48.5 Å². The number of aromatic nitrogens is 1. The van der Waals surface area contributed by atoms with Gasteiger partial charge in [0.2, 0.25) is 0 Å². The van der Waals surface area contributed by atoms with E-state index >= 15 is 0 Å². The van der Waals surface area contributed by atoms with Gasteiger partial charge in [-0.15, -0.1) is 0 Å².